The minimum Gasteiger partial charge on any atom is -0.370 e. The second-order valence-electron chi connectivity index (χ2n) is 3.69. The molecule has 0 aliphatic rings. The molecule has 0 aliphatic heterocycles. The third-order valence-corrected chi connectivity index (χ3v) is 2.36. The van der Waals surface area contributed by atoms with E-state index >= 15 is 0 Å². The molecule has 1 aromatic heterocycles. The summed E-state index contributed by atoms with van der Waals surface area (Å²) >= 11 is 0. The monoisotopic (exact) mass is 255 g/mol. The molecular formula is C12H12F3N3. The lowest BCUT2D eigenvalue weighted by molar-refractivity contribution is -0.141. The van der Waals surface area contributed by atoms with Gasteiger partial charge in [-0.15, -0.1) is 0 Å². The lowest BCUT2D eigenvalue weighted by atomic mass is 10.3. The van der Waals surface area contributed by atoms with Crippen molar-refractivity contribution in [3.8, 4) is 5.69 Å². The van der Waals surface area contributed by atoms with Crippen molar-refractivity contribution < 1.29 is 13.2 Å². The highest BCUT2D eigenvalue weighted by atomic mass is 19.4. The van der Waals surface area contributed by atoms with Crippen molar-refractivity contribution >= 4 is 5.82 Å². The van der Waals surface area contributed by atoms with Crippen molar-refractivity contribution in [2.75, 3.05) is 11.9 Å². The number of benzene rings is 1. The van der Waals surface area contributed by atoms with Crippen LogP contribution in [0.3, 0.4) is 0 Å². The molecule has 0 bridgehead atoms. The Labute approximate surface area is 102 Å². The maximum absolute atomic E-state index is 12.6. The van der Waals surface area contributed by atoms with Crippen molar-refractivity contribution in [3.63, 3.8) is 0 Å². The minimum atomic E-state index is -4.44. The van der Waals surface area contributed by atoms with E-state index in [-0.39, 0.29) is 0 Å². The Morgan fingerprint density at radius 3 is 2.44 bits per heavy atom. The van der Waals surface area contributed by atoms with Gasteiger partial charge in [-0.2, -0.15) is 18.3 Å². The number of rotatable bonds is 3. The molecule has 0 fully saturated rings. The lowest BCUT2D eigenvalue weighted by Crippen LogP contribution is -2.08. The summed E-state index contributed by atoms with van der Waals surface area (Å²) < 4.78 is 39.2. The van der Waals surface area contributed by atoms with Crippen LogP contribution in [-0.2, 0) is 6.18 Å². The zero-order chi connectivity index (χ0) is 13.2. The first-order valence-electron chi connectivity index (χ1n) is 5.49. The summed E-state index contributed by atoms with van der Waals surface area (Å²) in [5, 5.41) is 6.47. The van der Waals surface area contributed by atoms with Gasteiger partial charge in [0.05, 0.1) is 5.69 Å². The summed E-state index contributed by atoms with van der Waals surface area (Å²) in [5.74, 6) is 0.330. The Morgan fingerprint density at radius 1 is 1.22 bits per heavy atom. The van der Waals surface area contributed by atoms with Crippen LogP contribution in [0.4, 0.5) is 19.0 Å². The maximum Gasteiger partial charge on any atom is 0.435 e. The highest BCUT2D eigenvalue weighted by Gasteiger charge is 2.35. The number of nitrogens with one attached hydrogen (secondary N) is 1. The summed E-state index contributed by atoms with van der Waals surface area (Å²) in [6.45, 7) is 2.34. The van der Waals surface area contributed by atoms with Gasteiger partial charge in [0.1, 0.15) is 5.82 Å². The van der Waals surface area contributed by atoms with Crippen molar-refractivity contribution in [2.24, 2.45) is 0 Å². The number of nitrogens with zero attached hydrogens (tertiary/aromatic N) is 2. The molecular weight excluding hydrogens is 243 g/mol. The molecule has 96 valence electrons. The zero-order valence-corrected chi connectivity index (χ0v) is 9.70. The highest BCUT2D eigenvalue weighted by molar-refractivity contribution is 5.46. The molecule has 2 rings (SSSR count). The summed E-state index contributed by atoms with van der Waals surface area (Å²) in [6.07, 6.45) is -4.44. The van der Waals surface area contributed by atoms with Gasteiger partial charge < -0.3 is 5.32 Å². The Hall–Kier alpha value is -1.98. The molecule has 0 aliphatic carbocycles. The van der Waals surface area contributed by atoms with Crippen LogP contribution in [0.25, 0.3) is 5.69 Å². The van der Waals surface area contributed by atoms with Gasteiger partial charge in [0.15, 0.2) is 5.69 Å². The van der Waals surface area contributed by atoms with E-state index in [4.69, 9.17) is 0 Å². The first-order valence-corrected chi connectivity index (χ1v) is 5.49. The molecule has 2 aromatic rings. The predicted octanol–water partition coefficient (Wildman–Crippen LogP) is 3.32. The van der Waals surface area contributed by atoms with Gasteiger partial charge in [-0.1, -0.05) is 18.2 Å². The number of halogens is 3. The quantitative estimate of drug-likeness (QED) is 0.911. The fraction of sp³-hybridized carbons (Fsp3) is 0.250. The van der Waals surface area contributed by atoms with Crippen LogP contribution in [0, 0.1) is 0 Å². The Morgan fingerprint density at radius 2 is 1.89 bits per heavy atom. The molecule has 1 aromatic carbocycles. The number of hydrogen-bond donors (Lipinski definition) is 1. The average molecular weight is 255 g/mol. The van der Waals surface area contributed by atoms with Crippen LogP contribution in [-0.4, -0.2) is 16.3 Å². The molecule has 0 radical (unpaired) electrons. The van der Waals surface area contributed by atoms with E-state index in [9.17, 15) is 13.2 Å². The van der Waals surface area contributed by atoms with Crippen molar-refractivity contribution in [1.82, 2.24) is 9.78 Å². The van der Waals surface area contributed by atoms with E-state index in [0.29, 0.717) is 18.1 Å². The van der Waals surface area contributed by atoms with Crippen LogP contribution >= 0.6 is 0 Å². The summed E-state index contributed by atoms with van der Waals surface area (Å²) in [6, 6.07) is 9.71. The summed E-state index contributed by atoms with van der Waals surface area (Å²) in [4.78, 5) is 0. The van der Waals surface area contributed by atoms with Crippen molar-refractivity contribution in [1.29, 1.82) is 0 Å². The van der Waals surface area contributed by atoms with E-state index < -0.39 is 11.9 Å². The van der Waals surface area contributed by atoms with E-state index in [1.54, 1.807) is 30.3 Å². The Kier molecular flexibility index (Phi) is 3.27. The third-order valence-electron chi connectivity index (χ3n) is 2.36. The molecule has 1 N–H and O–H groups in total. The van der Waals surface area contributed by atoms with E-state index in [2.05, 4.69) is 10.4 Å². The summed E-state index contributed by atoms with van der Waals surface area (Å²) in [5.41, 5.74) is -0.314. The lowest BCUT2D eigenvalue weighted by Gasteiger charge is -2.07. The number of para-hydroxylation sites is 1. The molecule has 0 saturated carbocycles. The fourth-order valence-electron chi connectivity index (χ4n) is 1.59. The normalized spacial score (nSPS) is 11.6. The number of aromatic nitrogens is 2. The van der Waals surface area contributed by atoms with Crippen LogP contribution in [0.2, 0.25) is 0 Å². The SMILES string of the molecule is CCNc1cc(C(F)(F)F)nn1-c1ccccc1. The van der Waals surface area contributed by atoms with Gasteiger partial charge in [-0.25, -0.2) is 4.68 Å². The first-order chi connectivity index (χ1) is 8.52. The molecule has 3 nitrogen and oxygen atoms in total. The van der Waals surface area contributed by atoms with Crippen LogP contribution < -0.4 is 5.32 Å². The number of anilines is 1. The molecule has 6 heteroatoms. The molecule has 0 unspecified atom stereocenters. The summed E-state index contributed by atoms with van der Waals surface area (Å²) in [7, 11) is 0. The van der Waals surface area contributed by atoms with Gasteiger partial charge in [0.25, 0.3) is 0 Å². The highest BCUT2D eigenvalue weighted by Crippen LogP contribution is 2.31. The molecule has 0 atom stereocenters. The molecule has 0 spiro atoms. The van der Waals surface area contributed by atoms with Gasteiger partial charge in [-0.05, 0) is 19.1 Å². The van der Waals surface area contributed by atoms with Crippen LogP contribution in [0.15, 0.2) is 36.4 Å². The van der Waals surface area contributed by atoms with Crippen molar-refractivity contribution in [3.05, 3.63) is 42.1 Å². The van der Waals surface area contributed by atoms with Gasteiger partial charge in [-0.3, -0.25) is 0 Å². The smallest absolute Gasteiger partial charge is 0.370 e. The standard InChI is InChI=1S/C12H12F3N3/c1-2-16-11-8-10(12(13,14)15)17-18(11)9-6-4-3-5-7-9/h3-8,16H,2H2,1H3. The second kappa shape index (κ2) is 4.72. The second-order valence-corrected chi connectivity index (χ2v) is 3.69. The zero-order valence-electron chi connectivity index (χ0n) is 9.70. The fourth-order valence-corrected chi connectivity index (χ4v) is 1.59. The first kappa shape index (κ1) is 12.5. The minimum absolute atomic E-state index is 0.330. The largest absolute Gasteiger partial charge is 0.435 e. The van der Waals surface area contributed by atoms with Crippen molar-refractivity contribution in [2.45, 2.75) is 13.1 Å². The predicted molar refractivity (Wildman–Crippen MR) is 62.7 cm³/mol. The average Bonchev–Trinajstić information content (AvgIpc) is 2.75. The Bertz CT molecular complexity index is 517. The molecule has 1 heterocycles. The maximum atomic E-state index is 12.6. The topological polar surface area (TPSA) is 29.9 Å². The van der Waals surface area contributed by atoms with Gasteiger partial charge in [0.2, 0.25) is 0 Å². The van der Waals surface area contributed by atoms with Crippen LogP contribution in [0.5, 0.6) is 0 Å². The van der Waals surface area contributed by atoms with Gasteiger partial charge in [0, 0.05) is 12.6 Å². The number of alkyl halides is 3. The van der Waals surface area contributed by atoms with E-state index in [1.165, 1.54) is 4.68 Å². The molecule has 18 heavy (non-hydrogen) atoms. The van der Waals surface area contributed by atoms with E-state index in [0.717, 1.165) is 6.07 Å². The Balaban J connectivity index is 2.49. The third kappa shape index (κ3) is 2.47. The van der Waals surface area contributed by atoms with E-state index in [1.807, 2.05) is 6.92 Å². The van der Waals surface area contributed by atoms with Gasteiger partial charge >= 0.3 is 6.18 Å². The molecule has 0 saturated heterocycles. The van der Waals surface area contributed by atoms with Crippen LogP contribution in [0.1, 0.15) is 12.6 Å². The molecule has 0 amide bonds. The number of hydrogen-bond acceptors (Lipinski definition) is 2.